The summed E-state index contributed by atoms with van der Waals surface area (Å²) in [5, 5.41) is 11.2. The number of carbonyl (C=O) groups is 2. The highest BCUT2D eigenvalue weighted by Gasteiger charge is 2.47. The summed E-state index contributed by atoms with van der Waals surface area (Å²) in [5.74, 6) is -0.666. The molecule has 0 aliphatic carbocycles. The standard InChI is InChI=1S/C28H28N2O4/c1-17(2)19-7-11-22(12-8-19)30-25(21-6-5-15-29-16-21)24(27(32)28(30)33)26(31)20-9-13-23(14-10-20)34-18(3)4/h5-18,25,31H,1-4H3/b26-24+. The van der Waals surface area contributed by atoms with Crippen molar-refractivity contribution in [1.29, 1.82) is 0 Å². The monoisotopic (exact) mass is 456 g/mol. The van der Waals surface area contributed by atoms with Gasteiger partial charge in [0.05, 0.1) is 17.7 Å². The van der Waals surface area contributed by atoms with E-state index in [1.54, 1.807) is 48.8 Å². The highest BCUT2D eigenvalue weighted by Crippen LogP contribution is 2.42. The molecule has 1 N–H and O–H groups in total. The largest absolute Gasteiger partial charge is 0.507 e. The number of benzene rings is 2. The highest BCUT2D eigenvalue weighted by atomic mass is 16.5. The number of amides is 1. The number of Topliss-reactive ketones (excluding diaryl/α,β-unsaturated/α-hetero) is 1. The van der Waals surface area contributed by atoms with E-state index in [1.165, 1.54) is 4.90 Å². The molecule has 0 radical (unpaired) electrons. The van der Waals surface area contributed by atoms with Gasteiger partial charge in [0.2, 0.25) is 0 Å². The molecule has 1 saturated heterocycles. The molecule has 4 rings (SSSR count). The minimum Gasteiger partial charge on any atom is -0.507 e. The molecule has 0 bridgehead atoms. The number of anilines is 1. The van der Waals surface area contributed by atoms with E-state index in [0.717, 1.165) is 5.56 Å². The molecule has 1 aliphatic rings. The topological polar surface area (TPSA) is 79.7 Å². The summed E-state index contributed by atoms with van der Waals surface area (Å²) in [4.78, 5) is 32.1. The quantitative estimate of drug-likeness (QED) is 0.296. The van der Waals surface area contributed by atoms with Gasteiger partial charge in [-0.2, -0.15) is 0 Å². The van der Waals surface area contributed by atoms with E-state index in [0.29, 0.717) is 28.5 Å². The van der Waals surface area contributed by atoms with Crippen molar-refractivity contribution in [2.24, 2.45) is 0 Å². The van der Waals surface area contributed by atoms with Crippen LogP contribution in [-0.2, 0) is 9.59 Å². The van der Waals surface area contributed by atoms with E-state index < -0.39 is 17.7 Å². The van der Waals surface area contributed by atoms with Crippen LogP contribution in [0.25, 0.3) is 5.76 Å². The zero-order valence-corrected chi connectivity index (χ0v) is 19.7. The zero-order chi connectivity index (χ0) is 24.4. The van der Waals surface area contributed by atoms with E-state index in [2.05, 4.69) is 18.8 Å². The van der Waals surface area contributed by atoms with Crippen LogP contribution in [0.5, 0.6) is 5.75 Å². The lowest BCUT2D eigenvalue weighted by molar-refractivity contribution is -0.132. The summed E-state index contributed by atoms with van der Waals surface area (Å²) >= 11 is 0. The Morgan fingerprint density at radius 1 is 0.971 bits per heavy atom. The van der Waals surface area contributed by atoms with Gasteiger partial charge >= 0.3 is 0 Å². The number of hydrogen-bond acceptors (Lipinski definition) is 5. The second-order valence-electron chi connectivity index (χ2n) is 8.89. The SMILES string of the molecule is CC(C)Oc1ccc(/C(O)=C2\C(=O)C(=O)N(c3ccc(C(C)C)cc3)C2c2cccnc2)cc1. The molecule has 3 aromatic rings. The summed E-state index contributed by atoms with van der Waals surface area (Å²) in [6.07, 6.45) is 3.25. The average Bonchev–Trinajstić information content (AvgIpc) is 3.10. The summed E-state index contributed by atoms with van der Waals surface area (Å²) in [7, 11) is 0. The number of ether oxygens (including phenoxy) is 1. The van der Waals surface area contributed by atoms with Crippen LogP contribution in [0.4, 0.5) is 5.69 Å². The van der Waals surface area contributed by atoms with Crippen LogP contribution in [-0.4, -0.2) is 27.9 Å². The van der Waals surface area contributed by atoms with E-state index in [-0.39, 0.29) is 17.4 Å². The van der Waals surface area contributed by atoms with Gasteiger partial charge in [-0.3, -0.25) is 19.5 Å². The molecular formula is C28H28N2O4. The molecular weight excluding hydrogens is 428 g/mol. The van der Waals surface area contributed by atoms with Crippen molar-refractivity contribution in [2.75, 3.05) is 4.90 Å². The predicted molar refractivity (Wildman–Crippen MR) is 132 cm³/mol. The van der Waals surface area contributed by atoms with Crippen molar-refractivity contribution in [3.8, 4) is 5.75 Å². The van der Waals surface area contributed by atoms with Gasteiger partial charge in [-0.05, 0) is 73.4 Å². The number of aliphatic hydroxyl groups is 1. The first kappa shape index (κ1) is 23.2. The third-order valence-electron chi connectivity index (χ3n) is 5.78. The van der Waals surface area contributed by atoms with Crippen LogP contribution in [0.1, 0.15) is 56.3 Å². The number of hydrogen-bond donors (Lipinski definition) is 1. The maximum Gasteiger partial charge on any atom is 0.300 e. The van der Waals surface area contributed by atoms with Gasteiger partial charge in [0.15, 0.2) is 0 Å². The lowest BCUT2D eigenvalue weighted by atomic mass is 9.96. The molecule has 2 aromatic carbocycles. The second-order valence-corrected chi connectivity index (χ2v) is 8.89. The molecule has 0 spiro atoms. The molecule has 0 saturated carbocycles. The molecule has 1 amide bonds. The Morgan fingerprint density at radius 3 is 2.21 bits per heavy atom. The number of nitrogens with zero attached hydrogens (tertiary/aromatic N) is 2. The first-order chi connectivity index (χ1) is 16.3. The van der Waals surface area contributed by atoms with E-state index in [1.807, 2.05) is 38.1 Å². The normalized spacial score (nSPS) is 17.6. The van der Waals surface area contributed by atoms with Crippen LogP contribution in [0, 0.1) is 0 Å². The van der Waals surface area contributed by atoms with Crippen LogP contribution < -0.4 is 9.64 Å². The van der Waals surface area contributed by atoms with Gasteiger partial charge in [0.25, 0.3) is 11.7 Å². The second kappa shape index (κ2) is 9.51. The van der Waals surface area contributed by atoms with Gasteiger partial charge in [-0.25, -0.2) is 0 Å². The first-order valence-corrected chi connectivity index (χ1v) is 11.4. The van der Waals surface area contributed by atoms with Crippen molar-refractivity contribution >= 4 is 23.1 Å². The third-order valence-corrected chi connectivity index (χ3v) is 5.78. The smallest absolute Gasteiger partial charge is 0.300 e. The number of pyridine rings is 1. The lowest BCUT2D eigenvalue weighted by Gasteiger charge is -2.25. The molecule has 34 heavy (non-hydrogen) atoms. The maximum atomic E-state index is 13.2. The fraction of sp³-hybridized carbons (Fsp3) is 0.250. The summed E-state index contributed by atoms with van der Waals surface area (Å²) in [5.41, 5.74) is 2.81. The van der Waals surface area contributed by atoms with Crippen molar-refractivity contribution in [2.45, 2.75) is 45.8 Å². The molecule has 1 fully saturated rings. The first-order valence-electron chi connectivity index (χ1n) is 11.4. The fourth-order valence-corrected chi connectivity index (χ4v) is 4.09. The van der Waals surface area contributed by atoms with E-state index in [4.69, 9.17) is 4.74 Å². The zero-order valence-electron chi connectivity index (χ0n) is 19.7. The van der Waals surface area contributed by atoms with Crippen LogP contribution in [0.15, 0.2) is 78.6 Å². The number of rotatable bonds is 6. The summed E-state index contributed by atoms with van der Waals surface area (Å²) < 4.78 is 5.67. The van der Waals surface area contributed by atoms with Gasteiger partial charge in [0, 0.05) is 23.6 Å². The van der Waals surface area contributed by atoms with Crippen LogP contribution in [0.3, 0.4) is 0 Å². The minimum atomic E-state index is -0.801. The third kappa shape index (κ3) is 4.44. The van der Waals surface area contributed by atoms with Gasteiger partial charge < -0.3 is 9.84 Å². The molecule has 174 valence electrons. The lowest BCUT2D eigenvalue weighted by Crippen LogP contribution is -2.29. The van der Waals surface area contributed by atoms with Gasteiger partial charge in [-0.15, -0.1) is 0 Å². The summed E-state index contributed by atoms with van der Waals surface area (Å²) in [6.45, 7) is 8.04. The predicted octanol–water partition coefficient (Wildman–Crippen LogP) is 5.62. The molecule has 6 heteroatoms. The molecule has 1 unspecified atom stereocenters. The number of ketones is 1. The Bertz CT molecular complexity index is 1210. The van der Waals surface area contributed by atoms with Crippen molar-refractivity contribution in [1.82, 2.24) is 4.98 Å². The molecule has 6 nitrogen and oxygen atoms in total. The Labute approximate surface area is 199 Å². The fourth-order valence-electron chi connectivity index (χ4n) is 4.09. The molecule has 2 heterocycles. The van der Waals surface area contributed by atoms with Crippen molar-refractivity contribution in [3.05, 3.63) is 95.3 Å². The van der Waals surface area contributed by atoms with E-state index >= 15 is 0 Å². The molecule has 1 aromatic heterocycles. The Morgan fingerprint density at radius 2 is 1.65 bits per heavy atom. The summed E-state index contributed by atoms with van der Waals surface area (Å²) in [6, 6.07) is 17.1. The number of aliphatic hydroxyl groups excluding tert-OH is 1. The van der Waals surface area contributed by atoms with Crippen molar-refractivity contribution < 1.29 is 19.4 Å². The highest BCUT2D eigenvalue weighted by molar-refractivity contribution is 6.51. The van der Waals surface area contributed by atoms with Crippen molar-refractivity contribution in [3.63, 3.8) is 0 Å². The Balaban J connectivity index is 1.82. The van der Waals surface area contributed by atoms with Crippen LogP contribution in [0.2, 0.25) is 0 Å². The number of aromatic nitrogens is 1. The van der Waals surface area contributed by atoms with E-state index in [9.17, 15) is 14.7 Å². The molecule has 1 aliphatic heterocycles. The average molecular weight is 457 g/mol. The number of carbonyl (C=O) groups excluding carboxylic acids is 2. The minimum absolute atomic E-state index is 0.0115. The van der Waals surface area contributed by atoms with Crippen LogP contribution >= 0.6 is 0 Å². The maximum absolute atomic E-state index is 13.2. The molecule has 1 atom stereocenters. The Hall–Kier alpha value is -3.93. The Kier molecular flexibility index (Phi) is 6.50. The van der Waals surface area contributed by atoms with Gasteiger partial charge in [-0.1, -0.05) is 32.0 Å². The van der Waals surface area contributed by atoms with Gasteiger partial charge in [0.1, 0.15) is 11.5 Å².